The van der Waals surface area contributed by atoms with E-state index < -0.39 is 9.84 Å². The van der Waals surface area contributed by atoms with Crippen molar-refractivity contribution in [3.63, 3.8) is 0 Å². The maximum Gasteiger partial charge on any atom is 0.226 e. The molecule has 0 saturated heterocycles. The molecule has 0 radical (unpaired) electrons. The SMILES string of the molecule is C=CCS(=O)(=O)c1nc(-c2ccc(OC)cc2)c(-c2ccc(OC)cc2)[nH]1. The van der Waals surface area contributed by atoms with Gasteiger partial charge in [-0.25, -0.2) is 13.4 Å². The van der Waals surface area contributed by atoms with Gasteiger partial charge in [0.05, 0.1) is 31.4 Å². The number of H-pyrrole nitrogens is 1. The highest BCUT2D eigenvalue weighted by molar-refractivity contribution is 7.91. The van der Waals surface area contributed by atoms with Crippen molar-refractivity contribution in [1.82, 2.24) is 9.97 Å². The van der Waals surface area contributed by atoms with Crippen LogP contribution in [0.2, 0.25) is 0 Å². The third-order valence-corrected chi connectivity index (χ3v) is 5.51. The van der Waals surface area contributed by atoms with Crippen molar-refractivity contribution in [2.24, 2.45) is 0 Å². The van der Waals surface area contributed by atoms with Gasteiger partial charge < -0.3 is 14.5 Å². The molecule has 0 unspecified atom stereocenters. The summed E-state index contributed by atoms with van der Waals surface area (Å²) >= 11 is 0. The summed E-state index contributed by atoms with van der Waals surface area (Å²) in [6.45, 7) is 3.51. The zero-order chi connectivity index (χ0) is 19.4. The number of imidazole rings is 1. The zero-order valence-corrected chi connectivity index (χ0v) is 15.9. The fourth-order valence-electron chi connectivity index (χ4n) is 2.66. The van der Waals surface area contributed by atoms with Gasteiger partial charge in [-0.2, -0.15) is 0 Å². The molecule has 3 aromatic rings. The van der Waals surface area contributed by atoms with Crippen LogP contribution in [0.1, 0.15) is 0 Å². The van der Waals surface area contributed by atoms with E-state index in [-0.39, 0.29) is 10.9 Å². The topological polar surface area (TPSA) is 81.3 Å². The lowest BCUT2D eigenvalue weighted by atomic mass is 10.0. The number of aromatic amines is 1. The van der Waals surface area contributed by atoms with E-state index in [9.17, 15) is 8.42 Å². The van der Waals surface area contributed by atoms with Gasteiger partial charge in [0.2, 0.25) is 15.0 Å². The van der Waals surface area contributed by atoms with Gasteiger partial charge >= 0.3 is 0 Å². The second kappa shape index (κ2) is 7.67. The van der Waals surface area contributed by atoms with Gasteiger partial charge in [0.25, 0.3) is 0 Å². The Morgan fingerprint density at radius 1 is 0.963 bits per heavy atom. The molecule has 140 valence electrons. The molecule has 6 nitrogen and oxygen atoms in total. The van der Waals surface area contributed by atoms with Crippen molar-refractivity contribution in [2.45, 2.75) is 5.16 Å². The third kappa shape index (κ3) is 3.88. The summed E-state index contributed by atoms with van der Waals surface area (Å²) in [6.07, 6.45) is 1.35. The summed E-state index contributed by atoms with van der Waals surface area (Å²) in [4.78, 5) is 7.35. The molecule has 0 bridgehead atoms. The van der Waals surface area contributed by atoms with Gasteiger partial charge in [0.15, 0.2) is 0 Å². The molecule has 0 saturated carbocycles. The van der Waals surface area contributed by atoms with Crippen molar-refractivity contribution >= 4 is 9.84 Å². The lowest BCUT2D eigenvalue weighted by Crippen LogP contribution is -2.06. The Morgan fingerprint density at radius 2 is 1.48 bits per heavy atom. The minimum absolute atomic E-state index is 0.0842. The van der Waals surface area contributed by atoms with Gasteiger partial charge in [-0.1, -0.05) is 6.08 Å². The highest BCUT2D eigenvalue weighted by Gasteiger charge is 2.22. The normalized spacial score (nSPS) is 11.2. The van der Waals surface area contributed by atoms with E-state index in [2.05, 4.69) is 16.5 Å². The van der Waals surface area contributed by atoms with Gasteiger partial charge in [0.1, 0.15) is 11.5 Å². The van der Waals surface area contributed by atoms with Crippen LogP contribution in [0.5, 0.6) is 11.5 Å². The van der Waals surface area contributed by atoms with Gasteiger partial charge in [-0.3, -0.25) is 0 Å². The average molecular weight is 384 g/mol. The predicted octanol–water partition coefficient (Wildman–Crippen LogP) is 3.72. The summed E-state index contributed by atoms with van der Waals surface area (Å²) in [5.74, 6) is 1.23. The largest absolute Gasteiger partial charge is 0.497 e. The van der Waals surface area contributed by atoms with Crippen LogP contribution in [-0.4, -0.2) is 38.4 Å². The quantitative estimate of drug-likeness (QED) is 0.628. The Bertz CT molecular complexity index is 972. The van der Waals surface area contributed by atoms with Crippen LogP contribution in [0, 0.1) is 0 Å². The lowest BCUT2D eigenvalue weighted by molar-refractivity contribution is 0.414. The standard InChI is InChI=1S/C20H20N2O4S/c1-4-13-27(23,24)20-21-18(14-5-9-16(25-2)10-6-14)19(22-20)15-7-11-17(26-3)12-8-15/h4-12H,1,13H2,2-3H3,(H,21,22). The van der Waals surface area contributed by atoms with E-state index in [1.807, 2.05) is 36.4 Å². The Kier molecular flexibility index (Phi) is 5.32. The molecule has 1 heterocycles. The van der Waals surface area contributed by atoms with E-state index in [1.54, 1.807) is 26.4 Å². The van der Waals surface area contributed by atoms with Crippen molar-refractivity contribution < 1.29 is 17.9 Å². The molecule has 0 amide bonds. The number of sulfone groups is 1. The molecule has 0 aliphatic carbocycles. The van der Waals surface area contributed by atoms with Gasteiger partial charge in [0, 0.05) is 11.1 Å². The molecule has 0 fully saturated rings. The van der Waals surface area contributed by atoms with Crippen molar-refractivity contribution in [2.75, 3.05) is 20.0 Å². The van der Waals surface area contributed by atoms with Crippen LogP contribution in [0.4, 0.5) is 0 Å². The van der Waals surface area contributed by atoms with Crippen LogP contribution < -0.4 is 9.47 Å². The number of benzene rings is 2. The Morgan fingerprint density at radius 3 is 1.96 bits per heavy atom. The van der Waals surface area contributed by atoms with Gasteiger partial charge in [-0.15, -0.1) is 6.58 Å². The first-order chi connectivity index (χ1) is 13.0. The maximum absolute atomic E-state index is 12.5. The van der Waals surface area contributed by atoms with Crippen LogP contribution in [0.25, 0.3) is 22.5 Å². The van der Waals surface area contributed by atoms with Crippen LogP contribution in [0.3, 0.4) is 0 Å². The molecular weight excluding hydrogens is 364 g/mol. The van der Waals surface area contributed by atoms with Crippen LogP contribution in [0.15, 0.2) is 66.3 Å². The Balaban J connectivity index is 2.16. The number of ether oxygens (including phenoxy) is 2. The van der Waals surface area contributed by atoms with Gasteiger partial charge in [-0.05, 0) is 48.5 Å². The average Bonchev–Trinajstić information content (AvgIpc) is 3.14. The van der Waals surface area contributed by atoms with E-state index in [4.69, 9.17) is 9.47 Å². The van der Waals surface area contributed by atoms with E-state index in [0.717, 1.165) is 11.1 Å². The lowest BCUT2D eigenvalue weighted by Gasteiger charge is -2.06. The monoisotopic (exact) mass is 384 g/mol. The molecule has 1 aromatic heterocycles. The highest BCUT2D eigenvalue weighted by atomic mass is 32.2. The number of nitrogens with zero attached hydrogens (tertiary/aromatic N) is 1. The highest BCUT2D eigenvalue weighted by Crippen LogP contribution is 2.33. The van der Waals surface area contributed by atoms with Crippen LogP contribution >= 0.6 is 0 Å². The molecule has 0 atom stereocenters. The second-order valence-corrected chi connectivity index (χ2v) is 7.74. The maximum atomic E-state index is 12.5. The summed E-state index contributed by atoms with van der Waals surface area (Å²) in [5, 5.41) is -0.0842. The van der Waals surface area contributed by atoms with E-state index in [0.29, 0.717) is 22.9 Å². The Hall–Kier alpha value is -3.06. The minimum atomic E-state index is -3.59. The second-order valence-electron chi connectivity index (χ2n) is 5.79. The predicted molar refractivity (Wildman–Crippen MR) is 105 cm³/mol. The fraction of sp³-hybridized carbons (Fsp3) is 0.150. The molecule has 1 N–H and O–H groups in total. The smallest absolute Gasteiger partial charge is 0.226 e. The number of aromatic nitrogens is 2. The molecule has 3 rings (SSSR count). The first-order valence-electron chi connectivity index (χ1n) is 8.21. The molecule has 7 heteroatoms. The summed E-state index contributed by atoms with van der Waals surface area (Å²) < 4.78 is 35.3. The number of hydrogen-bond donors (Lipinski definition) is 1. The number of hydrogen-bond acceptors (Lipinski definition) is 5. The number of rotatable bonds is 7. The molecule has 27 heavy (non-hydrogen) atoms. The minimum Gasteiger partial charge on any atom is -0.497 e. The van der Waals surface area contributed by atoms with Crippen molar-refractivity contribution in [3.8, 4) is 34.0 Å². The first kappa shape index (κ1) is 18.7. The van der Waals surface area contributed by atoms with E-state index >= 15 is 0 Å². The molecule has 0 spiro atoms. The molecular formula is C20H20N2O4S. The van der Waals surface area contributed by atoms with Crippen molar-refractivity contribution in [1.29, 1.82) is 0 Å². The Labute approximate surface area is 158 Å². The summed E-state index contributed by atoms with van der Waals surface area (Å²) in [7, 11) is -0.407. The fourth-order valence-corrected chi connectivity index (χ4v) is 3.61. The third-order valence-electron chi connectivity index (χ3n) is 4.06. The van der Waals surface area contributed by atoms with Crippen LogP contribution in [-0.2, 0) is 9.84 Å². The summed E-state index contributed by atoms with van der Waals surface area (Å²) in [6, 6.07) is 14.6. The zero-order valence-electron chi connectivity index (χ0n) is 15.1. The molecule has 2 aromatic carbocycles. The molecule has 0 aliphatic heterocycles. The van der Waals surface area contributed by atoms with Crippen molar-refractivity contribution in [3.05, 3.63) is 61.2 Å². The molecule has 0 aliphatic rings. The first-order valence-corrected chi connectivity index (χ1v) is 9.86. The number of nitrogens with one attached hydrogen (secondary N) is 1. The number of methoxy groups -OCH3 is 2. The van der Waals surface area contributed by atoms with E-state index in [1.165, 1.54) is 6.08 Å². The summed E-state index contributed by atoms with van der Waals surface area (Å²) in [5.41, 5.74) is 2.74.